The summed E-state index contributed by atoms with van der Waals surface area (Å²) in [5.74, 6) is -0.120. The highest BCUT2D eigenvalue weighted by Crippen LogP contribution is 2.17. The Morgan fingerprint density at radius 1 is 1.16 bits per heavy atom. The summed E-state index contributed by atoms with van der Waals surface area (Å²) >= 11 is 1.48. The fourth-order valence-electron chi connectivity index (χ4n) is 2.85. The molecule has 0 spiro atoms. The van der Waals surface area contributed by atoms with Gasteiger partial charge in [0, 0.05) is 38.0 Å². The minimum atomic E-state index is -3.21. The molecule has 8 heteroatoms. The largest absolute Gasteiger partial charge is 0.336 e. The number of rotatable bonds is 4. The topological polar surface area (TPSA) is 70.6 Å². The van der Waals surface area contributed by atoms with Crippen molar-refractivity contribution in [3.8, 4) is 0 Å². The average Bonchev–Trinajstić information content (AvgIpc) is 2.89. The number of aromatic nitrogens is 1. The van der Waals surface area contributed by atoms with Gasteiger partial charge in [0.2, 0.25) is 10.0 Å². The van der Waals surface area contributed by atoms with Crippen LogP contribution in [0.1, 0.15) is 27.5 Å². The van der Waals surface area contributed by atoms with E-state index in [2.05, 4.69) is 4.98 Å². The lowest BCUT2D eigenvalue weighted by molar-refractivity contribution is 0.0759. The number of carbonyl (C=O) groups is 1. The molecule has 2 heterocycles. The molecule has 0 radical (unpaired) electrons. The number of nitrogens with zero attached hydrogens (tertiary/aromatic N) is 3. The van der Waals surface area contributed by atoms with E-state index >= 15 is 0 Å². The highest BCUT2D eigenvalue weighted by Gasteiger charge is 2.25. The van der Waals surface area contributed by atoms with Crippen molar-refractivity contribution in [3.63, 3.8) is 0 Å². The van der Waals surface area contributed by atoms with Crippen molar-refractivity contribution in [2.45, 2.75) is 12.8 Å². The fourth-order valence-corrected chi connectivity index (χ4v) is 4.53. The van der Waals surface area contributed by atoms with E-state index in [0.717, 1.165) is 10.6 Å². The molecule has 0 atom stereocenters. The third kappa shape index (κ3) is 4.65. The molecule has 1 aliphatic rings. The Kier molecular flexibility index (Phi) is 5.51. The second-order valence-corrected chi connectivity index (χ2v) is 9.02. The molecule has 0 N–H and O–H groups in total. The van der Waals surface area contributed by atoms with Crippen molar-refractivity contribution in [2.75, 3.05) is 32.4 Å². The summed E-state index contributed by atoms with van der Waals surface area (Å²) in [6.07, 6.45) is 2.56. The maximum atomic E-state index is 12.7. The summed E-state index contributed by atoms with van der Waals surface area (Å²) in [7, 11) is -3.21. The predicted molar refractivity (Wildman–Crippen MR) is 98.3 cm³/mol. The quantitative estimate of drug-likeness (QED) is 0.813. The monoisotopic (exact) mass is 379 g/mol. The van der Waals surface area contributed by atoms with Gasteiger partial charge in [0.25, 0.3) is 5.91 Å². The van der Waals surface area contributed by atoms with E-state index in [4.69, 9.17) is 0 Å². The van der Waals surface area contributed by atoms with Gasteiger partial charge in [-0.05, 0) is 12.0 Å². The Balaban J connectivity index is 1.65. The van der Waals surface area contributed by atoms with Crippen LogP contribution in [0.5, 0.6) is 0 Å². The van der Waals surface area contributed by atoms with Crippen LogP contribution in [0.2, 0.25) is 0 Å². The zero-order chi connectivity index (χ0) is 17.9. The van der Waals surface area contributed by atoms with Gasteiger partial charge in [-0.2, -0.15) is 0 Å². The Morgan fingerprint density at radius 3 is 2.64 bits per heavy atom. The van der Waals surface area contributed by atoms with Crippen LogP contribution in [0.3, 0.4) is 0 Å². The van der Waals surface area contributed by atoms with Gasteiger partial charge in [-0.25, -0.2) is 17.7 Å². The zero-order valence-corrected chi connectivity index (χ0v) is 15.7. The number of hydrogen-bond donors (Lipinski definition) is 0. The summed E-state index contributed by atoms with van der Waals surface area (Å²) < 4.78 is 24.8. The molecule has 2 aromatic rings. The average molecular weight is 380 g/mol. The SMILES string of the molecule is CS(=O)(=O)N1CCCN(C(=O)c2csc(Cc3ccccc3)n2)CC1. The lowest BCUT2D eigenvalue weighted by Crippen LogP contribution is -2.37. The van der Waals surface area contributed by atoms with Gasteiger partial charge in [-0.3, -0.25) is 4.79 Å². The Hall–Kier alpha value is -1.77. The van der Waals surface area contributed by atoms with Gasteiger partial charge in [0.1, 0.15) is 5.69 Å². The van der Waals surface area contributed by atoms with Crippen LogP contribution in [0.15, 0.2) is 35.7 Å². The van der Waals surface area contributed by atoms with Crippen LogP contribution in [-0.4, -0.2) is 60.9 Å². The molecule has 1 aliphatic heterocycles. The van der Waals surface area contributed by atoms with Crippen molar-refractivity contribution in [1.29, 1.82) is 0 Å². The number of sulfonamides is 1. The van der Waals surface area contributed by atoms with Gasteiger partial charge in [0.15, 0.2) is 0 Å². The van der Waals surface area contributed by atoms with E-state index < -0.39 is 10.0 Å². The predicted octanol–water partition coefficient (Wildman–Crippen LogP) is 1.84. The van der Waals surface area contributed by atoms with E-state index in [1.165, 1.54) is 21.9 Å². The van der Waals surface area contributed by atoms with E-state index in [1.807, 2.05) is 30.3 Å². The van der Waals surface area contributed by atoms with Crippen LogP contribution in [0.4, 0.5) is 0 Å². The third-order valence-corrected chi connectivity index (χ3v) is 6.33. The van der Waals surface area contributed by atoms with E-state index in [1.54, 1.807) is 10.3 Å². The standard InChI is InChI=1S/C17H21N3O3S2/c1-25(22,23)20-9-5-8-19(10-11-20)17(21)15-13-24-16(18-15)12-14-6-3-2-4-7-14/h2-4,6-7,13H,5,8-12H2,1H3. The Bertz CT molecular complexity index is 834. The minimum Gasteiger partial charge on any atom is -0.336 e. The first kappa shape index (κ1) is 18.0. The molecule has 1 aromatic heterocycles. The van der Waals surface area contributed by atoms with Crippen molar-refractivity contribution in [2.24, 2.45) is 0 Å². The molecule has 1 saturated heterocycles. The normalized spacial score (nSPS) is 16.6. The lowest BCUT2D eigenvalue weighted by atomic mass is 10.2. The molecule has 134 valence electrons. The highest BCUT2D eigenvalue weighted by atomic mass is 32.2. The van der Waals surface area contributed by atoms with Crippen LogP contribution in [0, 0.1) is 0 Å². The fraction of sp³-hybridized carbons (Fsp3) is 0.412. The van der Waals surface area contributed by atoms with Gasteiger partial charge in [-0.15, -0.1) is 11.3 Å². The first-order valence-corrected chi connectivity index (χ1v) is 10.9. The van der Waals surface area contributed by atoms with Crippen LogP contribution >= 0.6 is 11.3 Å². The summed E-state index contributed by atoms with van der Waals surface area (Å²) in [6.45, 7) is 1.75. The number of amides is 1. The molecule has 25 heavy (non-hydrogen) atoms. The molecule has 0 bridgehead atoms. The zero-order valence-electron chi connectivity index (χ0n) is 14.1. The van der Waals surface area contributed by atoms with E-state index in [9.17, 15) is 13.2 Å². The Labute approximate surface area is 152 Å². The molecule has 0 unspecified atom stereocenters. The van der Waals surface area contributed by atoms with Crippen molar-refractivity contribution < 1.29 is 13.2 Å². The van der Waals surface area contributed by atoms with Crippen molar-refractivity contribution >= 4 is 27.3 Å². The number of benzene rings is 1. The molecule has 1 aromatic carbocycles. The minimum absolute atomic E-state index is 0.120. The maximum absolute atomic E-state index is 12.7. The molecular weight excluding hydrogens is 358 g/mol. The van der Waals surface area contributed by atoms with Crippen molar-refractivity contribution in [1.82, 2.24) is 14.2 Å². The van der Waals surface area contributed by atoms with Crippen LogP contribution in [0.25, 0.3) is 0 Å². The first-order chi connectivity index (χ1) is 11.9. The van der Waals surface area contributed by atoms with Gasteiger partial charge < -0.3 is 4.90 Å². The number of carbonyl (C=O) groups excluding carboxylic acids is 1. The number of hydrogen-bond acceptors (Lipinski definition) is 5. The summed E-state index contributed by atoms with van der Waals surface area (Å²) in [5.41, 5.74) is 1.61. The summed E-state index contributed by atoms with van der Waals surface area (Å²) in [6, 6.07) is 10.0. The summed E-state index contributed by atoms with van der Waals surface area (Å²) in [4.78, 5) is 18.9. The molecular formula is C17H21N3O3S2. The second kappa shape index (κ2) is 7.63. The van der Waals surface area contributed by atoms with Gasteiger partial charge in [0.05, 0.1) is 11.3 Å². The van der Waals surface area contributed by atoms with E-state index in [-0.39, 0.29) is 5.91 Å². The van der Waals surface area contributed by atoms with E-state index in [0.29, 0.717) is 44.7 Å². The van der Waals surface area contributed by atoms with Gasteiger partial charge >= 0.3 is 0 Å². The lowest BCUT2D eigenvalue weighted by Gasteiger charge is -2.20. The smallest absolute Gasteiger partial charge is 0.273 e. The third-order valence-electron chi connectivity index (χ3n) is 4.18. The molecule has 6 nitrogen and oxygen atoms in total. The molecule has 1 fully saturated rings. The van der Waals surface area contributed by atoms with Crippen molar-refractivity contribution in [3.05, 3.63) is 52.0 Å². The second-order valence-electron chi connectivity index (χ2n) is 6.10. The molecule has 3 rings (SSSR count). The van der Waals surface area contributed by atoms with Crippen LogP contribution in [-0.2, 0) is 16.4 Å². The highest BCUT2D eigenvalue weighted by molar-refractivity contribution is 7.88. The molecule has 0 saturated carbocycles. The maximum Gasteiger partial charge on any atom is 0.273 e. The summed E-state index contributed by atoms with van der Waals surface area (Å²) in [5, 5.41) is 2.70. The van der Waals surface area contributed by atoms with Crippen LogP contribution < -0.4 is 0 Å². The number of thiazole rings is 1. The first-order valence-electron chi connectivity index (χ1n) is 8.16. The van der Waals surface area contributed by atoms with Gasteiger partial charge in [-0.1, -0.05) is 30.3 Å². The Morgan fingerprint density at radius 2 is 1.92 bits per heavy atom. The molecule has 1 amide bonds. The molecule has 0 aliphatic carbocycles.